The van der Waals surface area contributed by atoms with Crippen LogP contribution in [0.2, 0.25) is 0 Å². The fourth-order valence-corrected chi connectivity index (χ4v) is 1.46. The second-order valence-corrected chi connectivity index (χ2v) is 3.50. The largest absolute Gasteiger partial charge is 0.357 e. The van der Waals surface area contributed by atoms with E-state index in [0.29, 0.717) is 0 Å². The Morgan fingerprint density at radius 3 is 2.71 bits per heavy atom. The van der Waals surface area contributed by atoms with Gasteiger partial charge in [0.25, 0.3) is 0 Å². The van der Waals surface area contributed by atoms with Crippen molar-refractivity contribution in [2.75, 3.05) is 12.4 Å². The van der Waals surface area contributed by atoms with Crippen LogP contribution < -0.4 is 11.1 Å². The molecule has 0 aromatic carbocycles. The molecule has 0 bridgehead atoms. The summed E-state index contributed by atoms with van der Waals surface area (Å²) in [5.41, 5.74) is 5.93. The van der Waals surface area contributed by atoms with Gasteiger partial charge < -0.3 is 15.6 Å². The smallest absolute Gasteiger partial charge is 0.224 e. The predicted octanol–water partition coefficient (Wildman–Crippen LogP) is 0.527. The van der Waals surface area contributed by atoms with Gasteiger partial charge >= 0.3 is 0 Å². The Balaban J connectivity index is 2.62. The van der Waals surface area contributed by atoms with Crippen molar-refractivity contribution in [1.82, 2.24) is 14.8 Å². The Morgan fingerprint density at radius 1 is 1.50 bits per heavy atom. The van der Waals surface area contributed by atoms with Gasteiger partial charge in [-0.2, -0.15) is 0 Å². The first-order chi connectivity index (χ1) is 6.69. The lowest BCUT2D eigenvalue weighted by Gasteiger charge is -2.09. The second kappa shape index (κ2) is 4.95. The van der Waals surface area contributed by atoms with Gasteiger partial charge in [0.15, 0.2) is 0 Å². The summed E-state index contributed by atoms with van der Waals surface area (Å²) in [6.45, 7) is 2.13. The molecule has 3 N–H and O–H groups in total. The number of nitrogens with zero attached hydrogens (tertiary/aromatic N) is 3. The van der Waals surface area contributed by atoms with E-state index in [2.05, 4.69) is 22.4 Å². The molecule has 5 nitrogen and oxygen atoms in total. The summed E-state index contributed by atoms with van der Waals surface area (Å²) in [5, 5.41) is 11.0. The molecule has 0 saturated heterocycles. The molecule has 0 spiro atoms. The van der Waals surface area contributed by atoms with Gasteiger partial charge in [0.2, 0.25) is 5.95 Å². The Kier molecular flexibility index (Phi) is 3.88. The van der Waals surface area contributed by atoms with Crippen molar-refractivity contribution in [2.24, 2.45) is 12.8 Å². The van der Waals surface area contributed by atoms with Crippen LogP contribution in [-0.4, -0.2) is 27.9 Å². The first-order valence-electron chi connectivity index (χ1n) is 5.00. The molecule has 1 atom stereocenters. The molecule has 0 amide bonds. The van der Waals surface area contributed by atoms with Gasteiger partial charge in [-0.15, -0.1) is 10.2 Å². The number of rotatable bonds is 5. The summed E-state index contributed by atoms with van der Waals surface area (Å²) >= 11 is 0. The molecule has 0 fully saturated rings. The third kappa shape index (κ3) is 2.45. The van der Waals surface area contributed by atoms with Crippen LogP contribution in [0.1, 0.15) is 25.6 Å². The molecule has 0 aliphatic rings. The molecule has 1 heterocycles. The van der Waals surface area contributed by atoms with E-state index in [-0.39, 0.29) is 6.04 Å². The van der Waals surface area contributed by atoms with Gasteiger partial charge in [0.05, 0.1) is 0 Å². The molecular weight excluding hydrogens is 178 g/mol. The average Bonchev–Trinajstić information content (AvgIpc) is 2.48. The van der Waals surface area contributed by atoms with Crippen LogP contribution >= 0.6 is 0 Å². The first-order valence-corrected chi connectivity index (χ1v) is 5.00. The van der Waals surface area contributed by atoms with Gasteiger partial charge in [0, 0.05) is 26.6 Å². The molecule has 0 saturated carbocycles. The SMILES string of the molecule is CCCC(N)Cc1nnc(NC)n1C. The predicted molar refractivity (Wildman–Crippen MR) is 57.1 cm³/mol. The Labute approximate surface area is 84.7 Å². The van der Waals surface area contributed by atoms with Crippen molar-refractivity contribution in [3.8, 4) is 0 Å². The lowest BCUT2D eigenvalue weighted by molar-refractivity contribution is 0.573. The van der Waals surface area contributed by atoms with E-state index in [0.717, 1.165) is 31.0 Å². The summed E-state index contributed by atoms with van der Waals surface area (Å²) in [4.78, 5) is 0. The third-order valence-corrected chi connectivity index (χ3v) is 2.29. The Morgan fingerprint density at radius 2 is 2.21 bits per heavy atom. The molecule has 5 heteroatoms. The Bertz CT molecular complexity index is 281. The molecule has 14 heavy (non-hydrogen) atoms. The number of hydrogen-bond donors (Lipinski definition) is 2. The van der Waals surface area contributed by atoms with Gasteiger partial charge in [-0.1, -0.05) is 13.3 Å². The highest BCUT2D eigenvalue weighted by atomic mass is 15.3. The number of hydrogen-bond acceptors (Lipinski definition) is 4. The maximum absolute atomic E-state index is 5.93. The molecule has 0 radical (unpaired) electrons. The lowest BCUT2D eigenvalue weighted by Crippen LogP contribution is -2.24. The second-order valence-electron chi connectivity index (χ2n) is 3.50. The summed E-state index contributed by atoms with van der Waals surface area (Å²) < 4.78 is 1.94. The van der Waals surface area contributed by atoms with E-state index >= 15 is 0 Å². The van der Waals surface area contributed by atoms with E-state index < -0.39 is 0 Å². The summed E-state index contributed by atoms with van der Waals surface area (Å²) in [6.07, 6.45) is 2.93. The van der Waals surface area contributed by atoms with E-state index in [1.165, 1.54) is 0 Å². The fraction of sp³-hybridized carbons (Fsp3) is 0.778. The highest BCUT2D eigenvalue weighted by Crippen LogP contribution is 2.07. The quantitative estimate of drug-likeness (QED) is 0.722. The van der Waals surface area contributed by atoms with Crippen molar-refractivity contribution >= 4 is 5.95 Å². The number of nitrogens with two attached hydrogens (primary N) is 1. The molecule has 1 aromatic heterocycles. The summed E-state index contributed by atoms with van der Waals surface area (Å²) in [7, 11) is 3.78. The van der Waals surface area contributed by atoms with Crippen LogP contribution in [0.5, 0.6) is 0 Å². The van der Waals surface area contributed by atoms with Crippen molar-refractivity contribution in [2.45, 2.75) is 32.2 Å². The minimum absolute atomic E-state index is 0.188. The minimum atomic E-state index is 0.188. The monoisotopic (exact) mass is 197 g/mol. The maximum atomic E-state index is 5.93. The summed E-state index contributed by atoms with van der Waals surface area (Å²) in [5.74, 6) is 1.72. The van der Waals surface area contributed by atoms with E-state index in [1.807, 2.05) is 18.7 Å². The van der Waals surface area contributed by atoms with Gasteiger partial charge in [-0.25, -0.2) is 0 Å². The van der Waals surface area contributed by atoms with Crippen LogP contribution in [0.15, 0.2) is 0 Å². The zero-order valence-corrected chi connectivity index (χ0v) is 9.12. The molecule has 1 rings (SSSR count). The van der Waals surface area contributed by atoms with Crippen molar-refractivity contribution in [3.63, 3.8) is 0 Å². The zero-order chi connectivity index (χ0) is 10.6. The van der Waals surface area contributed by atoms with E-state index in [9.17, 15) is 0 Å². The van der Waals surface area contributed by atoms with Crippen LogP contribution in [0.3, 0.4) is 0 Å². The molecule has 80 valence electrons. The van der Waals surface area contributed by atoms with E-state index in [1.54, 1.807) is 0 Å². The lowest BCUT2D eigenvalue weighted by atomic mass is 10.1. The number of aromatic nitrogens is 3. The van der Waals surface area contributed by atoms with Gasteiger partial charge in [-0.05, 0) is 6.42 Å². The molecule has 0 aliphatic carbocycles. The van der Waals surface area contributed by atoms with Gasteiger partial charge in [0.1, 0.15) is 5.82 Å². The zero-order valence-electron chi connectivity index (χ0n) is 9.12. The highest BCUT2D eigenvalue weighted by Gasteiger charge is 2.10. The standard InChI is InChI=1S/C9H19N5/c1-4-5-7(10)6-8-12-13-9(11-2)14(8)3/h7H,4-6,10H2,1-3H3,(H,11,13). The topological polar surface area (TPSA) is 68.8 Å². The Hall–Kier alpha value is -1.10. The summed E-state index contributed by atoms with van der Waals surface area (Å²) in [6, 6.07) is 0.188. The number of nitrogens with one attached hydrogen (secondary N) is 1. The van der Waals surface area contributed by atoms with Crippen molar-refractivity contribution < 1.29 is 0 Å². The highest BCUT2D eigenvalue weighted by molar-refractivity contribution is 5.23. The average molecular weight is 197 g/mol. The normalized spacial score (nSPS) is 12.9. The van der Waals surface area contributed by atoms with Gasteiger partial charge in [-0.3, -0.25) is 0 Å². The van der Waals surface area contributed by atoms with Crippen LogP contribution in [0.25, 0.3) is 0 Å². The minimum Gasteiger partial charge on any atom is -0.357 e. The first kappa shape index (κ1) is 11.0. The fourth-order valence-electron chi connectivity index (χ4n) is 1.46. The van der Waals surface area contributed by atoms with E-state index in [4.69, 9.17) is 5.73 Å². The maximum Gasteiger partial charge on any atom is 0.224 e. The molecule has 1 aromatic rings. The number of anilines is 1. The van der Waals surface area contributed by atoms with Crippen LogP contribution in [-0.2, 0) is 13.5 Å². The molecular formula is C9H19N5. The molecule has 0 aliphatic heterocycles. The van der Waals surface area contributed by atoms with Crippen LogP contribution in [0, 0.1) is 0 Å². The van der Waals surface area contributed by atoms with Crippen molar-refractivity contribution in [1.29, 1.82) is 0 Å². The van der Waals surface area contributed by atoms with Crippen LogP contribution in [0.4, 0.5) is 5.95 Å². The third-order valence-electron chi connectivity index (χ3n) is 2.29. The molecule has 1 unspecified atom stereocenters. The van der Waals surface area contributed by atoms with Crippen molar-refractivity contribution in [3.05, 3.63) is 5.82 Å².